The number of aromatic nitrogens is 2. The second kappa shape index (κ2) is 4.92. The van der Waals surface area contributed by atoms with Gasteiger partial charge in [0.1, 0.15) is 0 Å². The normalized spacial score (nSPS) is 10.9. The van der Waals surface area contributed by atoms with Crippen LogP contribution < -0.4 is 0 Å². The van der Waals surface area contributed by atoms with E-state index in [1.54, 1.807) is 0 Å². The molecule has 0 aliphatic heterocycles. The van der Waals surface area contributed by atoms with Crippen LogP contribution in [0.3, 0.4) is 0 Å². The Kier molecular flexibility index (Phi) is 3.34. The van der Waals surface area contributed by atoms with Crippen LogP contribution in [0.1, 0.15) is 5.89 Å². The molecular formula is C11H7BrN2O3. The number of rotatable bonds is 3. The van der Waals surface area contributed by atoms with Crippen LogP contribution in [0.5, 0.6) is 0 Å². The summed E-state index contributed by atoms with van der Waals surface area (Å²) >= 11 is 3.32. The fourth-order valence-electron chi connectivity index (χ4n) is 1.15. The molecule has 1 heterocycles. The van der Waals surface area contributed by atoms with Gasteiger partial charge in [0.25, 0.3) is 0 Å². The van der Waals surface area contributed by atoms with Gasteiger partial charge in [0.2, 0.25) is 11.8 Å². The third kappa shape index (κ3) is 3.01. The molecule has 2 aromatic rings. The number of hydrogen-bond acceptors (Lipinski definition) is 4. The summed E-state index contributed by atoms with van der Waals surface area (Å²) in [7, 11) is 0. The standard InChI is InChI=1S/C11H7BrN2O3/c12-8-3-1-7(2-4-8)11-14-13-9(17-11)5-6-10(15)16/h1-6H,(H,15,16)/b6-5+. The molecule has 0 fully saturated rings. The van der Waals surface area contributed by atoms with Crippen molar-refractivity contribution in [3.8, 4) is 11.5 Å². The molecule has 0 saturated carbocycles. The van der Waals surface area contributed by atoms with E-state index in [0.29, 0.717) is 5.89 Å². The fourth-order valence-corrected chi connectivity index (χ4v) is 1.42. The number of carbonyl (C=O) groups is 1. The maximum atomic E-state index is 10.3. The van der Waals surface area contributed by atoms with Crippen LogP contribution in [0.15, 0.2) is 39.2 Å². The van der Waals surface area contributed by atoms with Gasteiger partial charge in [-0.05, 0) is 24.3 Å². The molecule has 0 atom stereocenters. The number of halogens is 1. The zero-order valence-electron chi connectivity index (χ0n) is 8.50. The van der Waals surface area contributed by atoms with E-state index >= 15 is 0 Å². The van der Waals surface area contributed by atoms with Gasteiger partial charge < -0.3 is 9.52 Å². The number of carboxylic acids is 1. The monoisotopic (exact) mass is 294 g/mol. The van der Waals surface area contributed by atoms with E-state index in [9.17, 15) is 4.79 Å². The summed E-state index contributed by atoms with van der Waals surface area (Å²) in [6.07, 6.45) is 2.19. The average molecular weight is 295 g/mol. The Labute approximate surface area is 105 Å². The first-order valence-electron chi connectivity index (χ1n) is 4.65. The van der Waals surface area contributed by atoms with Crippen molar-refractivity contribution >= 4 is 28.0 Å². The van der Waals surface area contributed by atoms with E-state index in [-0.39, 0.29) is 5.89 Å². The maximum Gasteiger partial charge on any atom is 0.328 e. The van der Waals surface area contributed by atoms with E-state index in [1.165, 1.54) is 6.08 Å². The Bertz CT molecular complexity index is 560. The summed E-state index contributed by atoms with van der Waals surface area (Å²) in [5, 5.41) is 16.0. The van der Waals surface area contributed by atoms with Crippen molar-refractivity contribution < 1.29 is 14.3 Å². The molecule has 0 bridgehead atoms. The first kappa shape index (κ1) is 11.5. The highest BCUT2D eigenvalue weighted by Gasteiger charge is 2.06. The summed E-state index contributed by atoms with van der Waals surface area (Å²) in [5.74, 6) is -0.554. The lowest BCUT2D eigenvalue weighted by molar-refractivity contribution is -0.131. The quantitative estimate of drug-likeness (QED) is 0.881. The molecule has 0 radical (unpaired) electrons. The van der Waals surface area contributed by atoms with Crippen molar-refractivity contribution in [2.24, 2.45) is 0 Å². The second-order valence-corrected chi connectivity index (χ2v) is 4.04. The van der Waals surface area contributed by atoms with Crippen LogP contribution in [-0.4, -0.2) is 21.3 Å². The minimum atomic E-state index is -1.06. The molecule has 0 aliphatic rings. The molecular weight excluding hydrogens is 288 g/mol. The Balaban J connectivity index is 2.23. The molecule has 0 spiro atoms. The number of aliphatic carboxylic acids is 1. The third-order valence-corrected chi connectivity index (χ3v) is 2.43. The van der Waals surface area contributed by atoms with Gasteiger partial charge in [0.05, 0.1) is 0 Å². The molecule has 17 heavy (non-hydrogen) atoms. The van der Waals surface area contributed by atoms with Crippen LogP contribution >= 0.6 is 15.9 Å². The summed E-state index contributed by atoms with van der Waals surface area (Å²) in [5.41, 5.74) is 0.774. The first-order chi connectivity index (χ1) is 8.15. The molecule has 2 rings (SSSR count). The molecule has 5 nitrogen and oxygen atoms in total. The van der Waals surface area contributed by atoms with Gasteiger partial charge >= 0.3 is 5.97 Å². The van der Waals surface area contributed by atoms with Gasteiger partial charge in [0, 0.05) is 22.2 Å². The Morgan fingerprint density at radius 1 is 1.29 bits per heavy atom. The second-order valence-electron chi connectivity index (χ2n) is 3.12. The van der Waals surface area contributed by atoms with Gasteiger partial charge in [-0.15, -0.1) is 10.2 Å². The van der Waals surface area contributed by atoms with E-state index < -0.39 is 5.97 Å². The smallest absolute Gasteiger partial charge is 0.328 e. The van der Waals surface area contributed by atoms with Crippen molar-refractivity contribution in [1.82, 2.24) is 10.2 Å². The molecule has 1 N–H and O–H groups in total. The highest BCUT2D eigenvalue weighted by Crippen LogP contribution is 2.20. The first-order valence-corrected chi connectivity index (χ1v) is 5.45. The molecule has 0 saturated heterocycles. The fraction of sp³-hybridized carbons (Fsp3) is 0. The molecule has 0 aliphatic carbocycles. The molecule has 1 aromatic heterocycles. The van der Waals surface area contributed by atoms with E-state index in [1.807, 2.05) is 24.3 Å². The van der Waals surface area contributed by atoms with Gasteiger partial charge in [-0.2, -0.15) is 0 Å². The van der Waals surface area contributed by atoms with Gasteiger partial charge in [0.15, 0.2) is 0 Å². The van der Waals surface area contributed by atoms with Crippen LogP contribution in [0.4, 0.5) is 0 Å². The molecule has 0 unspecified atom stereocenters. The molecule has 0 amide bonds. The number of benzene rings is 1. The van der Waals surface area contributed by atoms with Crippen LogP contribution in [-0.2, 0) is 4.79 Å². The van der Waals surface area contributed by atoms with E-state index in [2.05, 4.69) is 26.1 Å². The minimum absolute atomic E-state index is 0.158. The largest absolute Gasteiger partial charge is 0.478 e. The Hall–Kier alpha value is -1.95. The average Bonchev–Trinajstić information content (AvgIpc) is 2.76. The minimum Gasteiger partial charge on any atom is -0.478 e. The van der Waals surface area contributed by atoms with Crippen LogP contribution in [0.2, 0.25) is 0 Å². The molecule has 1 aromatic carbocycles. The number of hydrogen-bond donors (Lipinski definition) is 1. The van der Waals surface area contributed by atoms with E-state index in [4.69, 9.17) is 9.52 Å². The summed E-state index contributed by atoms with van der Waals surface area (Å²) in [6.45, 7) is 0. The maximum absolute atomic E-state index is 10.3. The van der Waals surface area contributed by atoms with Gasteiger partial charge in [-0.25, -0.2) is 4.79 Å². The SMILES string of the molecule is O=C(O)/C=C/c1nnc(-c2ccc(Br)cc2)o1. The summed E-state index contributed by atoms with van der Waals surface area (Å²) in [6, 6.07) is 7.35. The lowest BCUT2D eigenvalue weighted by Crippen LogP contribution is -1.85. The predicted molar refractivity (Wildman–Crippen MR) is 64.1 cm³/mol. The zero-order valence-corrected chi connectivity index (χ0v) is 10.1. The Morgan fingerprint density at radius 2 is 2.00 bits per heavy atom. The van der Waals surface area contributed by atoms with Crippen molar-refractivity contribution in [2.45, 2.75) is 0 Å². The van der Waals surface area contributed by atoms with Crippen molar-refractivity contribution in [3.63, 3.8) is 0 Å². The third-order valence-electron chi connectivity index (χ3n) is 1.90. The van der Waals surface area contributed by atoms with Crippen molar-refractivity contribution in [3.05, 3.63) is 40.7 Å². The van der Waals surface area contributed by atoms with E-state index in [0.717, 1.165) is 16.1 Å². The molecule has 86 valence electrons. The van der Waals surface area contributed by atoms with Crippen molar-refractivity contribution in [1.29, 1.82) is 0 Å². The van der Waals surface area contributed by atoms with Crippen molar-refractivity contribution in [2.75, 3.05) is 0 Å². The Morgan fingerprint density at radius 3 is 2.65 bits per heavy atom. The summed E-state index contributed by atoms with van der Waals surface area (Å²) in [4.78, 5) is 10.3. The van der Waals surface area contributed by atoms with Crippen LogP contribution in [0, 0.1) is 0 Å². The highest BCUT2D eigenvalue weighted by molar-refractivity contribution is 9.10. The number of nitrogens with zero attached hydrogens (tertiary/aromatic N) is 2. The lowest BCUT2D eigenvalue weighted by atomic mass is 10.2. The lowest BCUT2D eigenvalue weighted by Gasteiger charge is -1.93. The zero-order chi connectivity index (χ0) is 12.3. The highest BCUT2D eigenvalue weighted by atomic mass is 79.9. The van der Waals surface area contributed by atoms with Gasteiger partial charge in [-0.3, -0.25) is 0 Å². The topological polar surface area (TPSA) is 76.2 Å². The van der Waals surface area contributed by atoms with Gasteiger partial charge in [-0.1, -0.05) is 15.9 Å². The molecule has 6 heteroatoms. The predicted octanol–water partition coefficient (Wildman–Crippen LogP) is 2.60. The van der Waals surface area contributed by atoms with Crippen LogP contribution in [0.25, 0.3) is 17.5 Å². The summed E-state index contributed by atoms with van der Waals surface area (Å²) < 4.78 is 6.22. The number of carboxylic acid groups (broad SMARTS) is 1.